The van der Waals surface area contributed by atoms with Crippen molar-refractivity contribution in [3.05, 3.63) is 29.5 Å². The van der Waals surface area contributed by atoms with Crippen LogP contribution < -0.4 is 0 Å². The number of nitrogens with zero attached hydrogens (tertiary/aromatic N) is 1. The molecule has 2 aromatic rings. The van der Waals surface area contributed by atoms with Gasteiger partial charge in [-0.1, -0.05) is 23.7 Å². The number of alkyl halides is 1. The maximum atomic E-state index is 6.14. The van der Waals surface area contributed by atoms with Crippen LogP contribution in [-0.2, 0) is 0 Å². The van der Waals surface area contributed by atoms with Gasteiger partial charge in [0.15, 0.2) is 5.58 Å². The Morgan fingerprint density at radius 1 is 1.50 bits per heavy atom. The molecule has 0 radical (unpaired) electrons. The van der Waals surface area contributed by atoms with E-state index in [2.05, 4.69) is 11.2 Å². The van der Waals surface area contributed by atoms with Crippen LogP contribution in [0.1, 0.15) is 30.0 Å². The van der Waals surface area contributed by atoms with Crippen LogP contribution in [0.2, 0.25) is 0 Å². The minimum absolute atomic E-state index is 0.0574. The highest BCUT2D eigenvalue weighted by molar-refractivity contribution is 6.21. The van der Waals surface area contributed by atoms with Crippen molar-refractivity contribution >= 4 is 22.6 Å². The van der Waals surface area contributed by atoms with Gasteiger partial charge >= 0.3 is 0 Å². The van der Waals surface area contributed by atoms with E-state index in [1.54, 1.807) is 0 Å². The Kier molecular flexibility index (Phi) is 2.46. The summed E-state index contributed by atoms with van der Waals surface area (Å²) >= 11 is 6.14. The standard InChI is InChI=1S/C11H12ClNO/c1-3-9(12)11-8-6-7(2)4-5-10(8)14-13-11/h4-6,9H,3H2,1-2H3. The third-order valence-corrected chi connectivity index (χ3v) is 2.82. The number of aryl methyl sites for hydroxylation is 1. The van der Waals surface area contributed by atoms with Crippen LogP contribution >= 0.6 is 11.6 Å². The Morgan fingerprint density at radius 3 is 3.00 bits per heavy atom. The van der Waals surface area contributed by atoms with Gasteiger partial charge in [-0.3, -0.25) is 0 Å². The van der Waals surface area contributed by atoms with Gasteiger partial charge in [0.05, 0.1) is 5.38 Å². The van der Waals surface area contributed by atoms with Crippen LogP contribution in [0.5, 0.6) is 0 Å². The first-order valence-electron chi connectivity index (χ1n) is 4.72. The number of hydrogen-bond acceptors (Lipinski definition) is 2. The van der Waals surface area contributed by atoms with Gasteiger partial charge in [0.25, 0.3) is 0 Å². The molecule has 0 aliphatic rings. The molecule has 0 aliphatic carbocycles. The minimum Gasteiger partial charge on any atom is -0.356 e. The van der Waals surface area contributed by atoms with E-state index in [0.717, 1.165) is 23.1 Å². The number of halogens is 1. The quantitative estimate of drug-likeness (QED) is 0.703. The van der Waals surface area contributed by atoms with Gasteiger partial charge in [0, 0.05) is 5.39 Å². The van der Waals surface area contributed by atoms with Crippen molar-refractivity contribution < 1.29 is 4.52 Å². The lowest BCUT2D eigenvalue weighted by Crippen LogP contribution is -1.88. The van der Waals surface area contributed by atoms with E-state index >= 15 is 0 Å². The van der Waals surface area contributed by atoms with Gasteiger partial charge in [0.2, 0.25) is 0 Å². The number of benzene rings is 1. The van der Waals surface area contributed by atoms with E-state index < -0.39 is 0 Å². The summed E-state index contributed by atoms with van der Waals surface area (Å²) in [7, 11) is 0. The van der Waals surface area contributed by atoms with Crippen molar-refractivity contribution in [3.63, 3.8) is 0 Å². The van der Waals surface area contributed by atoms with E-state index in [-0.39, 0.29) is 5.38 Å². The second kappa shape index (κ2) is 3.62. The van der Waals surface area contributed by atoms with Crippen LogP contribution in [0.3, 0.4) is 0 Å². The molecule has 1 atom stereocenters. The zero-order valence-electron chi connectivity index (χ0n) is 8.25. The molecule has 1 unspecified atom stereocenters. The first-order valence-corrected chi connectivity index (χ1v) is 5.16. The van der Waals surface area contributed by atoms with Crippen molar-refractivity contribution in [1.82, 2.24) is 5.16 Å². The summed E-state index contributed by atoms with van der Waals surface area (Å²) in [5.74, 6) is 0. The van der Waals surface area contributed by atoms with Crippen LogP contribution in [0.4, 0.5) is 0 Å². The van der Waals surface area contributed by atoms with Gasteiger partial charge in [-0.05, 0) is 25.5 Å². The average Bonchev–Trinajstić information content (AvgIpc) is 2.59. The second-order valence-corrected chi connectivity index (χ2v) is 3.97. The fourth-order valence-electron chi connectivity index (χ4n) is 1.49. The molecule has 0 spiro atoms. The summed E-state index contributed by atoms with van der Waals surface area (Å²) in [5, 5.41) is 4.98. The molecule has 0 fully saturated rings. The van der Waals surface area contributed by atoms with Gasteiger partial charge in [0.1, 0.15) is 5.69 Å². The van der Waals surface area contributed by atoms with Crippen LogP contribution in [-0.4, -0.2) is 5.16 Å². The highest BCUT2D eigenvalue weighted by Gasteiger charge is 2.14. The van der Waals surface area contributed by atoms with Gasteiger partial charge < -0.3 is 4.52 Å². The summed E-state index contributed by atoms with van der Waals surface area (Å²) in [6.07, 6.45) is 0.858. The molecular weight excluding hydrogens is 198 g/mol. The van der Waals surface area contributed by atoms with E-state index in [0.29, 0.717) is 0 Å². The number of hydrogen-bond donors (Lipinski definition) is 0. The smallest absolute Gasteiger partial charge is 0.167 e. The van der Waals surface area contributed by atoms with E-state index in [1.807, 2.05) is 26.0 Å². The molecule has 0 N–H and O–H groups in total. The summed E-state index contributed by atoms with van der Waals surface area (Å²) in [4.78, 5) is 0. The Bertz CT molecular complexity index is 449. The van der Waals surface area contributed by atoms with Gasteiger partial charge in [-0.25, -0.2) is 0 Å². The van der Waals surface area contributed by atoms with Crippen molar-refractivity contribution in [2.75, 3.05) is 0 Å². The van der Waals surface area contributed by atoms with Crippen molar-refractivity contribution in [2.24, 2.45) is 0 Å². The Morgan fingerprint density at radius 2 is 2.29 bits per heavy atom. The molecule has 0 amide bonds. The molecule has 1 heterocycles. The van der Waals surface area contributed by atoms with Crippen molar-refractivity contribution in [1.29, 1.82) is 0 Å². The summed E-state index contributed by atoms with van der Waals surface area (Å²) in [5.41, 5.74) is 2.86. The van der Waals surface area contributed by atoms with Crippen LogP contribution in [0.15, 0.2) is 22.7 Å². The maximum Gasteiger partial charge on any atom is 0.167 e. The van der Waals surface area contributed by atoms with Crippen molar-refractivity contribution in [3.8, 4) is 0 Å². The fourth-order valence-corrected chi connectivity index (χ4v) is 1.65. The molecule has 1 aromatic heterocycles. The molecule has 74 valence electrons. The monoisotopic (exact) mass is 209 g/mol. The number of rotatable bonds is 2. The summed E-state index contributed by atoms with van der Waals surface area (Å²) < 4.78 is 5.19. The third kappa shape index (κ3) is 1.50. The number of aromatic nitrogens is 1. The topological polar surface area (TPSA) is 26.0 Å². The largest absolute Gasteiger partial charge is 0.356 e. The lowest BCUT2D eigenvalue weighted by Gasteiger charge is -2.00. The fraction of sp³-hybridized carbons (Fsp3) is 0.364. The highest BCUT2D eigenvalue weighted by atomic mass is 35.5. The molecule has 2 nitrogen and oxygen atoms in total. The van der Waals surface area contributed by atoms with E-state index in [4.69, 9.17) is 16.1 Å². The molecule has 14 heavy (non-hydrogen) atoms. The summed E-state index contributed by atoms with van der Waals surface area (Å²) in [6, 6.07) is 6.00. The third-order valence-electron chi connectivity index (χ3n) is 2.31. The normalized spacial score (nSPS) is 13.4. The molecule has 0 aliphatic heterocycles. The summed E-state index contributed by atoms with van der Waals surface area (Å²) in [6.45, 7) is 4.08. The Labute approximate surface area is 87.8 Å². The first-order chi connectivity index (χ1) is 6.72. The Balaban J connectivity index is 2.61. The first kappa shape index (κ1) is 9.53. The molecule has 2 rings (SSSR count). The SMILES string of the molecule is CCC(Cl)c1noc2ccc(C)cc12. The predicted molar refractivity (Wildman–Crippen MR) is 57.6 cm³/mol. The zero-order valence-corrected chi connectivity index (χ0v) is 9.01. The zero-order chi connectivity index (χ0) is 10.1. The van der Waals surface area contributed by atoms with Crippen LogP contribution in [0, 0.1) is 6.92 Å². The molecule has 3 heteroatoms. The van der Waals surface area contributed by atoms with Crippen molar-refractivity contribution in [2.45, 2.75) is 25.6 Å². The second-order valence-electron chi connectivity index (χ2n) is 3.44. The van der Waals surface area contributed by atoms with Crippen LogP contribution in [0.25, 0.3) is 11.0 Å². The minimum atomic E-state index is -0.0574. The van der Waals surface area contributed by atoms with Gasteiger partial charge in [-0.2, -0.15) is 0 Å². The molecular formula is C11H12ClNO. The Hall–Kier alpha value is -1.02. The lowest BCUT2D eigenvalue weighted by atomic mass is 10.1. The van der Waals surface area contributed by atoms with E-state index in [9.17, 15) is 0 Å². The average molecular weight is 210 g/mol. The van der Waals surface area contributed by atoms with Gasteiger partial charge in [-0.15, -0.1) is 11.6 Å². The predicted octanol–water partition coefficient (Wildman–Crippen LogP) is 3.83. The highest BCUT2D eigenvalue weighted by Crippen LogP contribution is 2.30. The lowest BCUT2D eigenvalue weighted by molar-refractivity contribution is 0.444. The molecule has 0 saturated carbocycles. The molecule has 0 bridgehead atoms. The molecule has 0 saturated heterocycles. The maximum absolute atomic E-state index is 6.14. The van der Waals surface area contributed by atoms with E-state index in [1.165, 1.54) is 5.56 Å². The number of fused-ring (bicyclic) bond motifs is 1. The molecule has 1 aromatic carbocycles.